The normalized spacial score (nSPS) is 10.6. The largest absolute Gasteiger partial charge is 0.137 e. The van der Waals surface area contributed by atoms with Gasteiger partial charge in [-0.15, -0.1) is 22.7 Å². The Kier molecular flexibility index (Phi) is 5.16. The Labute approximate surface area is 106 Å². The summed E-state index contributed by atoms with van der Waals surface area (Å²) in [7, 11) is 7.31. The van der Waals surface area contributed by atoms with Crippen LogP contribution in [-0.4, -0.2) is 0 Å². The molecule has 0 radical (unpaired) electrons. The van der Waals surface area contributed by atoms with Crippen molar-refractivity contribution in [3.63, 3.8) is 0 Å². The second-order valence-corrected chi connectivity index (χ2v) is 10.3. The van der Waals surface area contributed by atoms with Crippen LogP contribution < -0.4 is 0 Å². The van der Waals surface area contributed by atoms with Gasteiger partial charge in [0.1, 0.15) is 0 Å². The van der Waals surface area contributed by atoms with E-state index in [0.29, 0.717) is 0 Å². The molecule has 2 aromatic rings. The zero-order valence-corrected chi connectivity index (χ0v) is 11.8. The van der Waals surface area contributed by atoms with E-state index < -0.39 is 0 Å². The van der Waals surface area contributed by atoms with E-state index in [1.54, 1.807) is 22.7 Å². The zero-order chi connectivity index (χ0) is 9.64. The molecular formula is C8H6S6. The smallest absolute Gasteiger partial charge is 0.0714 e. The van der Waals surface area contributed by atoms with E-state index in [-0.39, 0.29) is 0 Å². The molecule has 0 aliphatic heterocycles. The molecule has 2 aromatic heterocycles. The van der Waals surface area contributed by atoms with Gasteiger partial charge in [0, 0.05) is 0 Å². The van der Waals surface area contributed by atoms with Gasteiger partial charge < -0.3 is 0 Å². The fraction of sp³-hybridized carbons (Fsp3) is 0. The molecule has 14 heavy (non-hydrogen) atoms. The molecule has 0 unspecified atom stereocenters. The van der Waals surface area contributed by atoms with Crippen LogP contribution in [0.4, 0.5) is 0 Å². The number of hydrogen-bond acceptors (Lipinski definition) is 6. The number of thiophene rings is 2. The minimum atomic E-state index is 1.37. The molecule has 0 aliphatic rings. The summed E-state index contributed by atoms with van der Waals surface area (Å²) in [5.41, 5.74) is 0. The average molecular weight is 295 g/mol. The zero-order valence-electron chi connectivity index (χ0n) is 6.91. The van der Waals surface area contributed by atoms with E-state index in [1.165, 1.54) is 8.42 Å². The second kappa shape index (κ2) is 6.40. The van der Waals surface area contributed by atoms with Crippen LogP contribution in [0.15, 0.2) is 43.4 Å². The van der Waals surface area contributed by atoms with Crippen LogP contribution in [-0.2, 0) is 0 Å². The van der Waals surface area contributed by atoms with E-state index in [4.69, 9.17) is 0 Å². The molecule has 0 atom stereocenters. The van der Waals surface area contributed by atoms with Crippen molar-refractivity contribution in [2.45, 2.75) is 8.42 Å². The van der Waals surface area contributed by atoms with Gasteiger partial charge in [0.15, 0.2) is 0 Å². The lowest BCUT2D eigenvalue weighted by Crippen LogP contribution is -1.48. The second-order valence-electron chi connectivity index (χ2n) is 2.17. The molecule has 0 bridgehead atoms. The lowest BCUT2D eigenvalue weighted by molar-refractivity contribution is 1.76. The summed E-state index contributed by atoms with van der Waals surface area (Å²) < 4.78 is 2.74. The molecule has 0 amide bonds. The van der Waals surface area contributed by atoms with Crippen LogP contribution in [0.1, 0.15) is 0 Å². The van der Waals surface area contributed by atoms with Gasteiger partial charge in [-0.3, -0.25) is 0 Å². The van der Waals surface area contributed by atoms with Crippen molar-refractivity contribution in [3.05, 3.63) is 35.0 Å². The summed E-state index contributed by atoms with van der Waals surface area (Å²) in [6.07, 6.45) is 0. The quantitative estimate of drug-likeness (QED) is 0.496. The highest BCUT2D eigenvalue weighted by atomic mass is 33.7. The highest BCUT2D eigenvalue weighted by Crippen LogP contribution is 2.50. The Balaban J connectivity index is 1.65. The molecule has 0 aromatic carbocycles. The monoisotopic (exact) mass is 294 g/mol. The summed E-state index contributed by atoms with van der Waals surface area (Å²) in [6, 6.07) is 8.48. The topological polar surface area (TPSA) is 0 Å². The molecule has 2 heterocycles. The Morgan fingerprint density at radius 2 is 1.29 bits per heavy atom. The minimum Gasteiger partial charge on any atom is -0.137 e. The van der Waals surface area contributed by atoms with Crippen molar-refractivity contribution in [2.24, 2.45) is 0 Å². The van der Waals surface area contributed by atoms with Gasteiger partial charge in [-0.05, 0) is 64.1 Å². The van der Waals surface area contributed by atoms with E-state index >= 15 is 0 Å². The third-order valence-electron chi connectivity index (χ3n) is 1.25. The maximum Gasteiger partial charge on any atom is 0.0714 e. The molecule has 2 rings (SSSR count). The Hall–Kier alpha value is 0.800. The van der Waals surface area contributed by atoms with E-state index in [9.17, 15) is 0 Å². The average Bonchev–Trinajstić information content (AvgIpc) is 2.86. The Morgan fingerprint density at radius 3 is 1.64 bits per heavy atom. The SMILES string of the molecule is c1csc(SSSSc2cccs2)c1. The molecule has 0 saturated heterocycles. The molecule has 0 fully saturated rings. The Bertz CT molecular complexity index is 302. The molecule has 0 saturated carbocycles. The van der Waals surface area contributed by atoms with Crippen LogP contribution >= 0.6 is 63.9 Å². The first-order valence-corrected chi connectivity index (χ1v) is 10.3. The van der Waals surface area contributed by atoms with E-state index in [2.05, 4.69) is 35.0 Å². The van der Waals surface area contributed by atoms with Crippen LogP contribution in [0.5, 0.6) is 0 Å². The first-order valence-electron chi connectivity index (χ1n) is 3.70. The van der Waals surface area contributed by atoms with Gasteiger partial charge in [0.05, 0.1) is 8.42 Å². The van der Waals surface area contributed by atoms with E-state index in [1.807, 2.05) is 41.2 Å². The van der Waals surface area contributed by atoms with Gasteiger partial charge in [-0.2, -0.15) is 0 Å². The standard InChI is InChI=1S/C8H6S6/c1-3-7(9-5-1)11-13-14-12-8-4-2-6-10-8/h1-6H. The molecule has 0 nitrogen and oxygen atoms in total. The Morgan fingerprint density at radius 1 is 0.786 bits per heavy atom. The van der Waals surface area contributed by atoms with Crippen molar-refractivity contribution < 1.29 is 0 Å². The number of hydrogen-bond donors (Lipinski definition) is 0. The molecule has 0 N–H and O–H groups in total. The summed E-state index contributed by atoms with van der Waals surface area (Å²) >= 11 is 3.59. The maximum absolute atomic E-state index is 2.15. The lowest BCUT2D eigenvalue weighted by Gasteiger charge is -1.94. The summed E-state index contributed by atoms with van der Waals surface area (Å²) in [5.74, 6) is 0. The van der Waals surface area contributed by atoms with Crippen LogP contribution in [0.3, 0.4) is 0 Å². The predicted octanol–water partition coefficient (Wildman–Crippen LogP) is 5.91. The summed E-state index contributed by atoms with van der Waals surface area (Å²) in [6.45, 7) is 0. The van der Waals surface area contributed by atoms with Gasteiger partial charge in [0.2, 0.25) is 0 Å². The molecule has 74 valence electrons. The fourth-order valence-corrected chi connectivity index (χ4v) is 9.04. The van der Waals surface area contributed by atoms with E-state index in [0.717, 1.165) is 0 Å². The van der Waals surface area contributed by atoms with Gasteiger partial charge in [-0.1, -0.05) is 12.1 Å². The first kappa shape index (κ1) is 11.3. The highest BCUT2D eigenvalue weighted by molar-refractivity contribution is 9.26. The van der Waals surface area contributed by atoms with Crippen molar-refractivity contribution >= 4 is 63.9 Å². The molecule has 0 aliphatic carbocycles. The maximum atomic E-state index is 2.15. The first-order chi connectivity index (χ1) is 6.95. The lowest BCUT2D eigenvalue weighted by atomic mass is 10.7. The van der Waals surface area contributed by atoms with Crippen LogP contribution in [0.25, 0.3) is 0 Å². The van der Waals surface area contributed by atoms with Crippen LogP contribution in [0, 0.1) is 0 Å². The minimum absolute atomic E-state index is 1.37. The molecule has 0 spiro atoms. The van der Waals surface area contributed by atoms with Crippen molar-refractivity contribution in [2.75, 3.05) is 0 Å². The van der Waals surface area contributed by atoms with Gasteiger partial charge >= 0.3 is 0 Å². The van der Waals surface area contributed by atoms with Crippen LogP contribution in [0.2, 0.25) is 0 Å². The molecular weight excluding hydrogens is 288 g/mol. The fourth-order valence-electron chi connectivity index (χ4n) is 0.717. The number of rotatable bonds is 5. The summed E-state index contributed by atoms with van der Waals surface area (Å²) in [5, 5.41) is 4.22. The van der Waals surface area contributed by atoms with Gasteiger partial charge in [0.25, 0.3) is 0 Å². The highest BCUT2D eigenvalue weighted by Gasteiger charge is 1.98. The van der Waals surface area contributed by atoms with Crippen molar-refractivity contribution in [1.82, 2.24) is 0 Å². The predicted molar refractivity (Wildman–Crippen MR) is 75.5 cm³/mol. The third-order valence-corrected chi connectivity index (χ3v) is 9.95. The summed E-state index contributed by atoms with van der Waals surface area (Å²) in [4.78, 5) is 0. The van der Waals surface area contributed by atoms with Crippen molar-refractivity contribution in [1.29, 1.82) is 0 Å². The van der Waals surface area contributed by atoms with Gasteiger partial charge in [-0.25, -0.2) is 0 Å². The molecule has 6 heteroatoms. The third kappa shape index (κ3) is 3.75. The van der Waals surface area contributed by atoms with Crippen molar-refractivity contribution in [3.8, 4) is 0 Å².